The number of benzene rings is 18. The van der Waals surface area contributed by atoms with Crippen LogP contribution in [0, 0.1) is 46.5 Å². The number of aryl methyl sites for hydroxylation is 5. The summed E-state index contributed by atoms with van der Waals surface area (Å²) < 4.78 is 21.9. The molecule has 3 nitrogen and oxygen atoms in total. The molecule has 24 aromatic rings. The van der Waals surface area contributed by atoms with Crippen molar-refractivity contribution in [3.05, 3.63) is 501 Å². The first-order valence-electron chi connectivity index (χ1n) is 52.9. The van der Waals surface area contributed by atoms with Crippen molar-refractivity contribution in [3.8, 4) is 5.69 Å². The van der Waals surface area contributed by atoms with Crippen LogP contribution in [0.4, 0.5) is 0 Å². The Morgan fingerprint density at radius 1 is 0.172 bits per heavy atom. The second-order valence-corrected chi connectivity index (χ2v) is 37.2. The van der Waals surface area contributed by atoms with Crippen LogP contribution < -0.4 is 0 Å². The van der Waals surface area contributed by atoms with Gasteiger partial charge in [0, 0.05) is 98.5 Å². The number of hydrogen-bond donors (Lipinski definition) is 0. The van der Waals surface area contributed by atoms with E-state index < -0.39 is 0 Å². The molecule has 6 heterocycles. The summed E-state index contributed by atoms with van der Waals surface area (Å²) in [5.74, 6) is 2.07. The van der Waals surface area contributed by atoms with Gasteiger partial charge >= 0.3 is 0 Å². The van der Waals surface area contributed by atoms with Crippen molar-refractivity contribution in [1.82, 2.24) is 4.57 Å². The molecule has 2 saturated carbocycles. The Labute approximate surface area is 881 Å². The van der Waals surface area contributed by atoms with Crippen LogP contribution in [0.5, 0.6) is 0 Å². The molecule has 2 aliphatic rings. The molecule has 0 radical (unpaired) electrons. The monoisotopic (exact) mass is 1970 g/mol. The van der Waals surface area contributed by atoms with Crippen molar-refractivity contribution < 1.29 is 8.83 Å². The van der Waals surface area contributed by atoms with E-state index in [0.29, 0.717) is 0 Å². The fourth-order valence-corrected chi connectivity index (χ4v) is 19.8. The van der Waals surface area contributed by atoms with Gasteiger partial charge in [-0.1, -0.05) is 577 Å². The van der Waals surface area contributed by atoms with Crippen LogP contribution in [-0.4, -0.2) is 4.57 Å². The van der Waals surface area contributed by atoms with E-state index in [-0.39, 0.29) is 0 Å². The summed E-state index contributed by atoms with van der Waals surface area (Å²) in [4.78, 5) is 0. The lowest BCUT2D eigenvalue weighted by Gasteiger charge is -2.15. The van der Waals surface area contributed by atoms with Gasteiger partial charge in [0.05, 0.1) is 11.0 Å². The maximum Gasteiger partial charge on any atom is 0.135 e. The summed E-state index contributed by atoms with van der Waals surface area (Å²) in [6.45, 7) is 39.1. The molecule has 0 bridgehead atoms. The largest absolute Gasteiger partial charge is 0.456 e. The third-order valence-corrected chi connectivity index (χ3v) is 27.0. The molecule has 18 aromatic carbocycles. The lowest BCUT2D eigenvalue weighted by molar-refractivity contribution is 0.385. The van der Waals surface area contributed by atoms with Crippen molar-refractivity contribution in [2.75, 3.05) is 0 Å². The lowest BCUT2D eigenvalue weighted by Crippen LogP contribution is -1.99. The summed E-state index contributed by atoms with van der Waals surface area (Å²) in [5.41, 5.74) is 14.2. The maximum atomic E-state index is 5.65. The van der Waals surface area contributed by atoms with Crippen LogP contribution in [0.1, 0.15) is 189 Å². The summed E-state index contributed by atoms with van der Waals surface area (Å²) in [5, 5.41) is 15.7. The predicted molar refractivity (Wildman–Crippen MR) is 655 cm³/mol. The average Bonchev–Trinajstić information content (AvgIpc) is 1.60. The van der Waals surface area contributed by atoms with Gasteiger partial charge in [0.2, 0.25) is 0 Å². The predicted octanol–water partition coefficient (Wildman–Crippen LogP) is 45.4. The Morgan fingerprint density at radius 2 is 0.331 bits per heavy atom. The highest BCUT2D eigenvalue weighted by atomic mass is 32.1. The Kier molecular flexibility index (Phi) is 54.8. The van der Waals surface area contributed by atoms with E-state index in [1.165, 1.54) is 202 Å². The van der Waals surface area contributed by atoms with Crippen molar-refractivity contribution in [3.63, 3.8) is 0 Å². The van der Waals surface area contributed by atoms with Gasteiger partial charge in [-0.05, 0) is 131 Å². The number of nitrogens with zero attached hydrogens (tertiary/aromatic N) is 1. The topological polar surface area (TPSA) is 31.2 Å². The third-order valence-electron chi connectivity index (χ3n) is 23.5. The molecule has 2 fully saturated rings. The Morgan fingerprint density at radius 3 is 0.510 bits per heavy atom. The standard InChI is InChI=1S/C18H13N.2C12H8O.3C12H8S.2C7H14.5C7H8.6C2H6/c1-2-8-14(9-3-1)19-17-12-6-4-10-15(17)16-11-5-7-13-18(16)19;5*1-3-7-11-9(5-1)10-6-2-4-8-12(10)13-11;7*1-7-5-3-2-4-6-7;6*1-2/h1-13H;5*1-8H;2*7H,2-6H2,1H3;5*2-6H,1H3;6*1-2H3. The molecule has 2 aliphatic carbocycles. The number of hydrogen-bond acceptors (Lipinski definition) is 5. The van der Waals surface area contributed by atoms with E-state index in [9.17, 15) is 0 Å². The van der Waals surface area contributed by atoms with Crippen LogP contribution in [0.15, 0.2) is 482 Å². The first kappa shape index (κ1) is 116. The molecule has 0 unspecified atom stereocenters. The second-order valence-electron chi connectivity index (χ2n) is 33.9. The molecule has 0 atom stereocenters. The van der Waals surface area contributed by atoms with Gasteiger partial charge in [-0.2, -0.15) is 0 Å². The van der Waals surface area contributed by atoms with E-state index >= 15 is 0 Å². The fourth-order valence-electron chi connectivity index (χ4n) is 16.4. The molecule has 0 spiro atoms. The Hall–Kier alpha value is -14.0. The molecular formula is C139H157NO2S3. The number of rotatable bonds is 1. The van der Waals surface area contributed by atoms with Gasteiger partial charge < -0.3 is 13.4 Å². The summed E-state index contributed by atoms with van der Waals surface area (Å²) >= 11 is 5.58. The van der Waals surface area contributed by atoms with Gasteiger partial charge in [0.1, 0.15) is 22.3 Å². The van der Waals surface area contributed by atoms with E-state index in [1.54, 1.807) is 0 Å². The first-order chi connectivity index (χ1) is 71.5. The molecule has 0 N–H and O–H groups in total. The number of furan rings is 2. The van der Waals surface area contributed by atoms with Crippen LogP contribution in [0.25, 0.3) is 132 Å². The van der Waals surface area contributed by atoms with Crippen LogP contribution in [0.2, 0.25) is 0 Å². The van der Waals surface area contributed by atoms with Gasteiger partial charge in [0.15, 0.2) is 0 Å². The van der Waals surface area contributed by atoms with E-state index in [2.05, 4.69) is 362 Å². The van der Waals surface area contributed by atoms with Gasteiger partial charge in [-0.25, -0.2) is 0 Å². The molecule has 748 valence electrons. The zero-order valence-electron chi connectivity index (χ0n) is 89.7. The highest BCUT2D eigenvalue weighted by molar-refractivity contribution is 7.26. The zero-order chi connectivity index (χ0) is 104. The van der Waals surface area contributed by atoms with Crippen molar-refractivity contribution >= 4 is 160 Å². The molecule has 0 saturated heterocycles. The lowest BCUT2D eigenvalue weighted by atomic mass is 9.91. The minimum absolute atomic E-state index is 0.962. The number of fused-ring (bicyclic) bond motifs is 18. The molecule has 6 heteroatoms. The normalized spacial score (nSPS) is 11.2. The SMILES string of the molecule is CC.CC.CC.CC.CC.CC.CC1CCCCC1.CC1CCCCC1.Cc1ccccc1.Cc1ccccc1.Cc1ccccc1.Cc1ccccc1.Cc1ccccc1.c1ccc(-n2c3ccccc3c3ccccc32)cc1.c1ccc2c(c1)oc1ccccc12.c1ccc2c(c1)oc1ccccc12.c1ccc2c(c1)sc1ccccc12.c1ccc2c(c1)sc1ccccc12.c1ccc2c(c1)sc1ccccc12. The van der Waals surface area contributed by atoms with E-state index in [1.807, 2.05) is 281 Å². The van der Waals surface area contributed by atoms with Crippen LogP contribution >= 0.6 is 34.0 Å². The van der Waals surface area contributed by atoms with Crippen LogP contribution in [0.3, 0.4) is 0 Å². The molecular weight excluding hydrogens is 1810 g/mol. The van der Waals surface area contributed by atoms with Crippen molar-refractivity contribution in [2.24, 2.45) is 11.8 Å². The van der Waals surface area contributed by atoms with Crippen molar-refractivity contribution in [2.45, 2.75) is 196 Å². The highest BCUT2D eigenvalue weighted by Crippen LogP contribution is 2.38. The van der Waals surface area contributed by atoms with Gasteiger partial charge in [-0.15, -0.1) is 34.0 Å². The summed E-state index contributed by atoms with van der Waals surface area (Å²) in [7, 11) is 0. The number of para-hydroxylation sites is 7. The van der Waals surface area contributed by atoms with E-state index in [0.717, 1.165) is 34.2 Å². The zero-order valence-corrected chi connectivity index (χ0v) is 92.2. The van der Waals surface area contributed by atoms with Gasteiger partial charge in [0.25, 0.3) is 0 Å². The first-order valence-corrected chi connectivity index (χ1v) is 55.3. The average molecular weight is 1970 g/mol. The Balaban J connectivity index is 0.000000193. The summed E-state index contributed by atoms with van der Waals surface area (Å²) in [6, 6.07) is 163. The molecule has 0 amide bonds. The Bertz CT molecular complexity index is 6330. The smallest absolute Gasteiger partial charge is 0.135 e. The van der Waals surface area contributed by atoms with Crippen LogP contribution in [-0.2, 0) is 0 Å². The third kappa shape index (κ3) is 37.6. The second kappa shape index (κ2) is 68.3. The maximum absolute atomic E-state index is 5.65. The molecule has 6 aromatic heterocycles. The van der Waals surface area contributed by atoms with Crippen molar-refractivity contribution in [1.29, 1.82) is 0 Å². The summed E-state index contributed by atoms with van der Waals surface area (Å²) in [6.07, 6.45) is 14.9. The number of aromatic nitrogens is 1. The minimum atomic E-state index is 0.962. The minimum Gasteiger partial charge on any atom is -0.456 e. The van der Waals surface area contributed by atoms with E-state index in [4.69, 9.17) is 8.83 Å². The molecule has 26 rings (SSSR count). The molecule has 145 heavy (non-hydrogen) atoms. The quantitative estimate of drug-likeness (QED) is 0.164. The highest BCUT2D eigenvalue weighted by Gasteiger charge is 2.13. The molecule has 0 aliphatic heterocycles. The fraction of sp³-hybridized carbons (Fsp3) is 0.223. The number of thiophene rings is 3. The van der Waals surface area contributed by atoms with Gasteiger partial charge in [-0.3, -0.25) is 0 Å².